The highest BCUT2D eigenvalue weighted by atomic mass is 16.5. The molecule has 1 unspecified atom stereocenters. The maximum Gasteiger partial charge on any atom is 0.0694 e. The predicted octanol–water partition coefficient (Wildman–Crippen LogP) is 1.81. The van der Waals surface area contributed by atoms with Gasteiger partial charge in [-0.3, -0.25) is 4.68 Å². The summed E-state index contributed by atoms with van der Waals surface area (Å²) >= 11 is 0. The summed E-state index contributed by atoms with van der Waals surface area (Å²) < 4.78 is 7.35. The second-order valence-corrected chi connectivity index (χ2v) is 5.58. The Morgan fingerprint density at radius 2 is 2.35 bits per heavy atom. The van der Waals surface area contributed by atoms with Crippen LogP contribution in [-0.2, 0) is 18.3 Å². The van der Waals surface area contributed by atoms with Gasteiger partial charge in [0.15, 0.2) is 0 Å². The van der Waals surface area contributed by atoms with Crippen LogP contribution in [-0.4, -0.2) is 28.5 Å². The van der Waals surface area contributed by atoms with Crippen molar-refractivity contribution >= 4 is 0 Å². The van der Waals surface area contributed by atoms with Crippen LogP contribution < -0.4 is 5.32 Å². The number of nitrogens with zero attached hydrogens (tertiary/aromatic N) is 2. The van der Waals surface area contributed by atoms with Gasteiger partial charge >= 0.3 is 0 Å². The molecular weight excluding hydrogens is 214 g/mol. The standard InChI is InChI=1S/C13H23N3O/c1-10(2)12-11(8-16(4)15-12)7-14-13(3)5-6-17-9-13/h8,10,14H,5-7,9H2,1-4H3. The van der Waals surface area contributed by atoms with E-state index in [0.717, 1.165) is 26.2 Å². The van der Waals surface area contributed by atoms with Gasteiger partial charge in [-0.25, -0.2) is 0 Å². The molecule has 0 spiro atoms. The molecule has 1 fully saturated rings. The van der Waals surface area contributed by atoms with Gasteiger partial charge in [0.1, 0.15) is 0 Å². The quantitative estimate of drug-likeness (QED) is 0.868. The van der Waals surface area contributed by atoms with Crippen LogP contribution in [0.5, 0.6) is 0 Å². The third-order valence-corrected chi connectivity index (χ3v) is 3.41. The Hall–Kier alpha value is -0.870. The Balaban J connectivity index is 2.03. The van der Waals surface area contributed by atoms with Gasteiger partial charge in [-0.2, -0.15) is 5.10 Å². The Kier molecular flexibility index (Phi) is 3.54. The molecule has 0 aliphatic carbocycles. The van der Waals surface area contributed by atoms with Crippen LogP contribution in [0.1, 0.15) is 44.4 Å². The summed E-state index contributed by atoms with van der Waals surface area (Å²) in [5.41, 5.74) is 2.63. The summed E-state index contributed by atoms with van der Waals surface area (Å²) in [7, 11) is 1.98. The fraction of sp³-hybridized carbons (Fsp3) is 0.769. The van der Waals surface area contributed by atoms with Crippen molar-refractivity contribution in [3.05, 3.63) is 17.5 Å². The molecule has 1 aromatic heterocycles. The summed E-state index contributed by atoms with van der Waals surface area (Å²) in [6, 6.07) is 0. The van der Waals surface area contributed by atoms with E-state index in [4.69, 9.17) is 4.74 Å². The first-order chi connectivity index (χ1) is 8.00. The minimum atomic E-state index is 0.129. The molecule has 2 rings (SSSR count). The number of rotatable bonds is 4. The normalized spacial score (nSPS) is 24.8. The minimum Gasteiger partial charge on any atom is -0.379 e. The zero-order valence-electron chi connectivity index (χ0n) is 11.3. The molecule has 1 aromatic rings. The van der Waals surface area contributed by atoms with Crippen LogP contribution in [0.2, 0.25) is 0 Å². The molecular formula is C13H23N3O. The zero-order chi connectivity index (χ0) is 12.5. The molecule has 17 heavy (non-hydrogen) atoms. The molecule has 4 heteroatoms. The van der Waals surface area contributed by atoms with E-state index >= 15 is 0 Å². The molecule has 1 N–H and O–H groups in total. The van der Waals surface area contributed by atoms with E-state index in [0.29, 0.717) is 5.92 Å². The number of aromatic nitrogens is 2. The predicted molar refractivity (Wildman–Crippen MR) is 68.0 cm³/mol. The van der Waals surface area contributed by atoms with Crippen molar-refractivity contribution in [1.82, 2.24) is 15.1 Å². The van der Waals surface area contributed by atoms with Crippen molar-refractivity contribution in [2.24, 2.45) is 7.05 Å². The molecule has 0 bridgehead atoms. The number of aryl methyl sites for hydroxylation is 1. The Morgan fingerprint density at radius 3 is 2.94 bits per heavy atom. The van der Waals surface area contributed by atoms with Crippen LogP contribution >= 0.6 is 0 Å². The van der Waals surface area contributed by atoms with E-state index < -0.39 is 0 Å². The molecule has 0 amide bonds. The molecule has 96 valence electrons. The van der Waals surface area contributed by atoms with Crippen molar-refractivity contribution in [2.75, 3.05) is 13.2 Å². The molecule has 1 aliphatic heterocycles. The molecule has 0 radical (unpaired) electrons. The Labute approximate surface area is 103 Å². The highest BCUT2D eigenvalue weighted by Gasteiger charge is 2.29. The monoisotopic (exact) mass is 237 g/mol. The fourth-order valence-corrected chi connectivity index (χ4v) is 2.29. The first-order valence-electron chi connectivity index (χ1n) is 6.35. The molecule has 4 nitrogen and oxygen atoms in total. The van der Waals surface area contributed by atoms with Gasteiger partial charge in [0, 0.05) is 37.5 Å². The maximum absolute atomic E-state index is 5.45. The summed E-state index contributed by atoms with van der Waals surface area (Å²) in [4.78, 5) is 0. The van der Waals surface area contributed by atoms with Crippen molar-refractivity contribution in [2.45, 2.75) is 45.2 Å². The van der Waals surface area contributed by atoms with Crippen LogP contribution in [0.4, 0.5) is 0 Å². The van der Waals surface area contributed by atoms with Gasteiger partial charge in [-0.1, -0.05) is 13.8 Å². The van der Waals surface area contributed by atoms with Gasteiger partial charge < -0.3 is 10.1 Å². The summed E-state index contributed by atoms with van der Waals surface area (Å²) in [5, 5.41) is 8.13. The molecule has 0 aromatic carbocycles. The van der Waals surface area contributed by atoms with Crippen LogP contribution in [0.15, 0.2) is 6.20 Å². The van der Waals surface area contributed by atoms with Gasteiger partial charge in [0.2, 0.25) is 0 Å². The van der Waals surface area contributed by atoms with Crippen molar-refractivity contribution in [1.29, 1.82) is 0 Å². The number of ether oxygens (including phenoxy) is 1. The maximum atomic E-state index is 5.45. The SMILES string of the molecule is CC(C)c1nn(C)cc1CNC1(C)CCOC1. The van der Waals surface area contributed by atoms with Gasteiger partial charge in [-0.15, -0.1) is 0 Å². The lowest BCUT2D eigenvalue weighted by Gasteiger charge is -2.23. The van der Waals surface area contributed by atoms with Gasteiger partial charge in [0.05, 0.1) is 12.3 Å². The lowest BCUT2D eigenvalue weighted by molar-refractivity contribution is 0.171. The van der Waals surface area contributed by atoms with Crippen molar-refractivity contribution in [3.8, 4) is 0 Å². The van der Waals surface area contributed by atoms with E-state index in [1.54, 1.807) is 0 Å². The number of nitrogens with one attached hydrogen (secondary N) is 1. The van der Waals surface area contributed by atoms with Gasteiger partial charge in [0.25, 0.3) is 0 Å². The van der Waals surface area contributed by atoms with Crippen molar-refractivity contribution in [3.63, 3.8) is 0 Å². The molecule has 1 atom stereocenters. The molecule has 2 heterocycles. The lowest BCUT2D eigenvalue weighted by Crippen LogP contribution is -2.42. The smallest absolute Gasteiger partial charge is 0.0694 e. The van der Waals surface area contributed by atoms with Crippen LogP contribution in [0.3, 0.4) is 0 Å². The third kappa shape index (κ3) is 2.87. The largest absolute Gasteiger partial charge is 0.379 e. The zero-order valence-corrected chi connectivity index (χ0v) is 11.3. The Bertz CT molecular complexity index is 378. The van der Waals surface area contributed by atoms with Crippen LogP contribution in [0.25, 0.3) is 0 Å². The number of hydrogen-bond donors (Lipinski definition) is 1. The first-order valence-corrected chi connectivity index (χ1v) is 6.35. The summed E-state index contributed by atoms with van der Waals surface area (Å²) in [6.07, 6.45) is 3.20. The second-order valence-electron chi connectivity index (χ2n) is 5.58. The molecule has 1 saturated heterocycles. The van der Waals surface area contributed by atoms with Gasteiger partial charge in [-0.05, 0) is 19.3 Å². The average Bonchev–Trinajstić information content (AvgIpc) is 2.83. The average molecular weight is 237 g/mol. The van der Waals surface area contributed by atoms with E-state index in [1.165, 1.54) is 11.3 Å². The number of hydrogen-bond acceptors (Lipinski definition) is 3. The molecule has 1 aliphatic rings. The summed E-state index contributed by atoms with van der Waals surface area (Å²) in [5.74, 6) is 0.473. The Morgan fingerprint density at radius 1 is 1.59 bits per heavy atom. The van der Waals surface area contributed by atoms with E-state index in [2.05, 4.69) is 37.4 Å². The third-order valence-electron chi connectivity index (χ3n) is 3.41. The van der Waals surface area contributed by atoms with E-state index in [1.807, 2.05) is 11.7 Å². The van der Waals surface area contributed by atoms with E-state index in [9.17, 15) is 0 Å². The summed E-state index contributed by atoms with van der Waals surface area (Å²) in [6.45, 7) is 9.16. The second kappa shape index (κ2) is 4.78. The topological polar surface area (TPSA) is 39.1 Å². The van der Waals surface area contributed by atoms with E-state index in [-0.39, 0.29) is 5.54 Å². The minimum absolute atomic E-state index is 0.129. The first kappa shape index (κ1) is 12.6. The van der Waals surface area contributed by atoms with Crippen LogP contribution in [0, 0.1) is 0 Å². The molecule has 0 saturated carbocycles. The highest BCUT2D eigenvalue weighted by Crippen LogP contribution is 2.21. The lowest BCUT2D eigenvalue weighted by atomic mass is 10.0. The fourth-order valence-electron chi connectivity index (χ4n) is 2.29. The highest BCUT2D eigenvalue weighted by molar-refractivity contribution is 5.20. The van der Waals surface area contributed by atoms with Crippen molar-refractivity contribution < 1.29 is 4.74 Å².